The summed E-state index contributed by atoms with van der Waals surface area (Å²) in [6.07, 6.45) is 8.41. The molecule has 0 amide bonds. The van der Waals surface area contributed by atoms with Gasteiger partial charge in [0.05, 0.1) is 11.7 Å². The molecule has 1 aliphatic heterocycles. The Hall–Kier alpha value is -3.53. The van der Waals surface area contributed by atoms with Gasteiger partial charge >= 0.3 is 0 Å². The summed E-state index contributed by atoms with van der Waals surface area (Å²) in [6, 6.07) is 6.93. The monoisotopic (exact) mass is 461 g/mol. The molecule has 2 fully saturated rings. The third-order valence-corrected chi connectivity index (χ3v) is 6.65. The molecule has 0 unspecified atom stereocenters. The zero-order valence-corrected chi connectivity index (χ0v) is 19.0. The van der Waals surface area contributed by atoms with Crippen molar-refractivity contribution in [3.05, 3.63) is 53.7 Å². The minimum Gasteiger partial charge on any atom is -0.335 e. The minimum atomic E-state index is -0.285. The van der Waals surface area contributed by atoms with Gasteiger partial charge in [-0.25, -0.2) is 9.37 Å². The van der Waals surface area contributed by atoms with Crippen LogP contribution in [0.4, 0.5) is 22.0 Å². The second-order valence-electron chi connectivity index (χ2n) is 9.22. The summed E-state index contributed by atoms with van der Waals surface area (Å²) in [7, 11) is 0. The molecule has 0 atom stereocenters. The molecule has 10 heteroatoms. The van der Waals surface area contributed by atoms with Gasteiger partial charge in [0.2, 0.25) is 5.95 Å². The summed E-state index contributed by atoms with van der Waals surface area (Å²) in [5, 5.41) is 18.7. The number of aromatic amines is 2. The van der Waals surface area contributed by atoms with Gasteiger partial charge in [0.15, 0.2) is 5.82 Å². The van der Waals surface area contributed by atoms with E-state index < -0.39 is 0 Å². The molecule has 0 spiro atoms. The highest BCUT2D eigenvalue weighted by Gasteiger charge is 2.25. The fraction of sp³-hybridized carbons (Fsp3) is 0.417. The molecule has 176 valence electrons. The van der Waals surface area contributed by atoms with E-state index in [1.54, 1.807) is 18.5 Å². The first-order valence-electron chi connectivity index (χ1n) is 12.0. The van der Waals surface area contributed by atoms with Crippen LogP contribution in [0.2, 0.25) is 0 Å². The average Bonchev–Trinajstić information content (AvgIpc) is 3.20. The Morgan fingerprint density at radius 3 is 2.85 bits per heavy atom. The molecule has 9 nitrogen and oxygen atoms in total. The van der Waals surface area contributed by atoms with E-state index in [9.17, 15) is 4.39 Å². The number of H-pyrrole nitrogens is 2. The van der Waals surface area contributed by atoms with Gasteiger partial charge in [0.25, 0.3) is 0 Å². The van der Waals surface area contributed by atoms with Crippen LogP contribution in [0.3, 0.4) is 0 Å². The number of likely N-dealkylation sites (tertiary alicyclic amines) is 1. The molecule has 4 aromatic rings. The lowest BCUT2D eigenvalue weighted by atomic mass is 10.1. The van der Waals surface area contributed by atoms with E-state index >= 15 is 0 Å². The molecule has 1 saturated carbocycles. The molecule has 34 heavy (non-hydrogen) atoms. The molecule has 3 N–H and O–H groups in total. The van der Waals surface area contributed by atoms with Crippen molar-refractivity contribution in [2.24, 2.45) is 0 Å². The van der Waals surface area contributed by atoms with Crippen molar-refractivity contribution in [2.45, 2.75) is 38.1 Å². The molecule has 0 bridgehead atoms. The van der Waals surface area contributed by atoms with Crippen LogP contribution in [0.1, 0.15) is 42.9 Å². The Bertz CT molecular complexity index is 1270. The van der Waals surface area contributed by atoms with E-state index in [-0.39, 0.29) is 5.82 Å². The smallest absolute Gasteiger partial charge is 0.227 e. The first-order valence-corrected chi connectivity index (χ1v) is 12.0. The van der Waals surface area contributed by atoms with Crippen LogP contribution in [0.5, 0.6) is 0 Å². The number of hydrogen-bond donors (Lipinski definition) is 3. The maximum absolute atomic E-state index is 14.3. The van der Waals surface area contributed by atoms with E-state index in [0.29, 0.717) is 29.7 Å². The van der Waals surface area contributed by atoms with Crippen molar-refractivity contribution >= 4 is 28.5 Å². The number of nitrogens with zero attached hydrogens (tertiary/aromatic N) is 6. The fourth-order valence-corrected chi connectivity index (χ4v) is 4.65. The van der Waals surface area contributed by atoms with Gasteiger partial charge in [0.1, 0.15) is 11.6 Å². The van der Waals surface area contributed by atoms with Crippen LogP contribution in [-0.4, -0.2) is 61.4 Å². The molecule has 2 aliphatic rings. The number of hydrogen-bond acceptors (Lipinski definition) is 7. The fourth-order valence-electron chi connectivity index (χ4n) is 4.65. The number of nitrogens with one attached hydrogen (secondary N) is 3. The van der Waals surface area contributed by atoms with E-state index in [1.165, 1.54) is 37.4 Å². The van der Waals surface area contributed by atoms with Crippen LogP contribution in [-0.2, 0) is 6.54 Å². The zero-order valence-electron chi connectivity index (χ0n) is 19.0. The number of halogens is 1. The van der Waals surface area contributed by atoms with E-state index in [1.807, 2.05) is 12.1 Å². The zero-order chi connectivity index (χ0) is 22.9. The molecule has 4 heterocycles. The molecule has 1 saturated heterocycles. The predicted octanol–water partition coefficient (Wildman–Crippen LogP) is 3.94. The van der Waals surface area contributed by atoms with Crippen LogP contribution in [0.15, 0.2) is 36.7 Å². The van der Waals surface area contributed by atoms with Gasteiger partial charge in [-0.15, -0.1) is 0 Å². The van der Waals surface area contributed by atoms with Crippen molar-refractivity contribution < 1.29 is 4.39 Å². The third-order valence-electron chi connectivity index (χ3n) is 6.65. The Labute approximate surface area is 196 Å². The van der Waals surface area contributed by atoms with E-state index in [2.05, 4.69) is 40.5 Å². The lowest BCUT2D eigenvalue weighted by Gasteiger charge is -2.26. The molecular weight excluding hydrogens is 433 g/mol. The van der Waals surface area contributed by atoms with Crippen LogP contribution >= 0.6 is 0 Å². The molecule has 0 radical (unpaired) electrons. The second-order valence-corrected chi connectivity index (χ2v) is 9.22. The van der Waals surface area contributed by atoms with Gasteiger partial charge in [-0.05, 0) is 62.5 Å². The summed E-state index contributed by atoms with van der Waals surface area (Å²) in [5.74, 6) is 2.35. The second kappa shape index (κ2) is 9.02. The van der Waals surface area contributed by atoms with E-state index in [0.717, 1.165) is 42.9 Å². The Morgan fingerprint density at radius 1 is 1.12 bits per heavy atom. The third kappa shape index (κ3) is 4.58. The molecule has 1 aliphatic carbocycles. The highest BCUT2D eigenvalue weighted by Crippen LogP contribution is 2.39. The van der Waals surface area contributed by atoms with Crippen LogP contribution in [0.25, 0.3) is 10.9 Å². The maximum atomic E-state index is 14.3. The lowest BCUT2D eigenvalue weighted by molar-refractivity contribution is 0.343. The predicted molar refractivity (Wildman–Crippen MR) is 129 cm³/mol. The Kier molecular flexibility index (Phi) is 5.58. The van der Waals surface area contributed by atoms with Gasteiger partial charge in [-0.1, -0.05) is 0 Å². The van der Waals surface area contributed by atoms with Crippen molar-refractivity contribution in [2.75, 3.05) is 36.4 Å². The standard InChI is InChI=1S/C24H28FN9/c25-18-11-17(19-14-27-30-21(19)12-18)15-34(10-9-33-7-1-2-8-33)24-26-6-5-22(29-24)28-23-13-20(31-32-23)16-3-4-16/h5-6,11-14,16H,1-4,7-10,15H2,(H,27,30)(H2,26,28,29,31,32). The lowest BCUT2D eigenvalue weighted by Crippen LogP contribution is -2.34. The quantitative estimate of drug-likeness (QED) is 0.347. The first kappa shape index (κ1) is 21.0. The molecule has 3 aromatic heterocycles. The van der Waals surface area contributed by atoms with Crippen molar-refractivity contribution in [1.29, 1.82) is 0 Å². The summed E-state index contributed by atoms with van der Waals surface area (Å²) in [5.41, 5.74) is 2.71. The first-order chi connectivity index (χ1) is 16.7. The van der Waals surface area contributed by atoms with Gasteiger partial charge < -0.3 is 15.1 Å². The van der Waals surface area contributed by atoms with Crippen molar-refractivity contribution in [3.63, 3.8) is 0 Å². The Balaban J connectivity index is 1.26. The molecule has 6 rings (SSSR count). The number of aromatic nitrogens is 6. The summed E-state index contributed by atoms with van der Waals surface area (Å²) < 4.78 is 14.3. The summed E-state index contributed by atoms with van der Waals surface area (Å²) in [4.78, 5) is 13.9. The van der Waals surface area contributed by atoms with Gasteiger partial charge in [-0.3, -0.25) is 10.2 Å². The van der Waals surface area contributed by atoms with Gasteiger partial charge in [-0.2, -0.15) is 15.2 Å². The van der Waals surface area contributed by atoms with Crippen LogP contribution < -0.4 is 10.2 Å². The topological polar surface area (TPSA) is 102 Å². The number of fused-ring (bicyclic) bond motifs is 1. The summed E-state index contributed by atoms with van der Waals surface area (Å²) >= 11 is 0. The maximum Gasteiger partial charge on any atom is 0.227 e. The highest BCUT2D eigenvalue weighted by atomic mass is 19.1. The van der Waals surface area contributed by atoms with Crippen LogP contribution in [0, 0.1) is 5.82 Å². The minimum absolute atomic E-state index is 0.285. The Morgan fingerprint density at radius 2 is 2.00 bits per heavy atom. The molecular formula is C24H28FN9. The van der Waals surface area contributed by atoms with Crippen molar-refractivity contribution in [3.8, 4) is 0 Å². The van der Waals surface area contributed by atoms with Gasteiger partial charge in [0, 0.05) is 48.9 Å². The van der Waals surface area contributed by atoms with E-state index in [4.69, 9.17) is 4.98 Å². The SMILES string of the molecule is Fc1cc(CN(CCN2CCCC2)c2nccc(Nc3cc(C4CC4)[nH]n3)n2)c2cn[nH]c2c1. The average molecular weight is 462 g/mol. The normalized spacial score (nSPS) is 16.4. The number of benzene rings is 1. The van der Waals surface area contributed by atoms with Crippen molar-refractivity contribution in [1.82, 2.24) is 35.3 Å². The number of anilines is 3. The largest absolute Gasteiger partial charge is 0.335 e. The molecule has 1 aromatic carbocycles. The summed E-state index contributed by atoms with van der Waals surface area (Å²) in [6.45, 7) is 4.37. The highest BCUT2D eigenvalue weighted by molar-refractivity contribution is 5.82. The number of rotatable bonds is 9.